The summed E-state index contributed by atoms with van der Waals surface area (Å²) in [6, 6.07) is 35.1. The van der Waals surface area contributed by atoms with E-state index in [0.29, 0.717) is 47.9 Å². The summed E-state index contributed by atoms with van der Waals surface area (Å²) in [7, 11) is -0.378. The number of ether oxygens (including phenoxy) is 2. The third-order valence-electron chi connectivity index (χ3n) is 20.4. The molecule has 0 unspecified atom stereocenters. The Morgan fingerprint density at radius 2 is 1.08 bits per heavy atom. The second kappa shape index (κ2) is 53.1. The van der Waals surface area contributed by atoms with Gasteiger partial charge in [0.2, 0.25) is 0 Å². The Labute approximate surface area is 795 Å². The van der Waals surface area contributed by atoms with Gasteiger partial charge in [-0.25, -0.2) is 14.4 Å². The molecule has 16 rings (SSSR count). The number of aromatic carboxylic acids is 1. The molecule has 129 heavy (non-hydrogen) atoms. The van der Waals surface area contributed by atoms with Crippen LogP contribution in [-0.4, -0.2) is 134 Å². The number of nitrogens with zero attached hydrogens (tertiary/aromatic N) is 5. The van der Waals surface area contributed by atoms with Crippen molar-refractivity contribution in [2.75, 3.05) is 41.2 Å². The molecule has 682 valence electrons. The van der Waals surface area contributed by atoms with Gasteiger partial charge in [0.05, 0.1) is 105 Å². The second-order valence-corrected chi connectivity index (χ2v) is 31.9. The predicted octanol–water partition coefficient (Wildman–Crippen LogP) is 15.0. The van der Waals surface area contributed by atoms with Crippen LogP contribution in [0.4, 0.5) is 22.7 Å². The molecule has 34 heteroatoms. The molecule has 9 heterocycles. The molecule has 1 saturated heterocycles. The molecule has 0 radical (unpaired) electrons. The fourth-order valence-electron chi connectivity index (χ4n) is 13.0. The normalized spacial score (nSPS) is 12.2. The number of pyridine rings is 3. The Hall–Kier alpha value is -11.1. The number of aromatic nitrogens is 8. The van der Waals surface area contributed by atoms with Crippen molar-refractivity contribution in [1.29, 1.82) is 0 Å². The summed E-state index contributed by atoms with van der Waals surface area (Å²) >= 11 is 12.8. The topological polar surface area (TPSA) is 450 Å². The number of aldehydes is 1. The largest absolute Gasteiger partial charge is 1.00 e. The van der Waals surface area contributed by atoms with Crippen LogP contribution in [0, 0.1) is 69.2 Å². The maximum Gasteiger partial charge on any atom is 1.00 e. The van der Waals surface area contributed by atoms with Crippen LogP contribution in [0.25, 0.3) is 55.2 Å². The SMILES string of the molecule is CC1=CCc2cc(CO)ccc21.CCC=O.CCOC(=O)c1ccc2c(c1)CC=C2C.CCOC(=O)c1cccc2[nH]cc(C)c12.Cc1c[nH]c2cccc(CO)c12.Cc1ncc(-c2c(C)noc2C)cc1N.Cc1ncc(Br)cc1N.Cc1noc(C)c1-c1c[nH]c(=O)c(N)c1.Cc1noc(C)c1B1OC(C)(C)C(C)(C)O1.ClCCl.NNc1cccc(C(=O)O)c1.[AlH3].[H-].[Li+]. The standard InChI is InChI=1S/C13H14O2.C12H13NO2.C11H18BNO3.C11H13N3O.C11H12O.C10H11N3O2.C10H11NO.C7H8N2O2.C6H7BrN2.C3H6O.CH2Cl2.Al.Li.4H/c1-3-15-13(14)11-6-7-12-9(2)4-5-10(12)8-11;1-3-15-12(14)9-5-4-6-10-11(9)8(2)7-13-10;1-7-9(8(2)14-13-7)12-15-10(3,4)11(5,6)16-12;1-6-10(12)4-9(5-13-6)11-7(2)14-15-8(11)3;1-8-2-4-10-6-9(7-12)3-5-11(8)10;1-5-9(6(2)15-13-5)7-3-8(11)10(14)12-4-7;1-7-5-11-9-4-2-3-8(6-12)10(7)9;8-9-6-3-1-2-5(4-6)7(10)11;1-4-6(8)2-5(7)3-9-4;1-2-3-4;2-1-3;;;;;;/h4,6-8H,3,5H2,1-2H3;4-7,13H,3H2,1-2H3;1-6H3;4-5H,12H2,1-3H3;2-3,5-6,12H,4,7H2,1H3;3-4H,11H2,1-2H3,(H,12,14);2-5,11-12H,6H2,1H3;1-4,9H,8H2,(H,10,11);2-3H,8H2,1H3;3H,2H2,1H3;1H2;;;;;;/q;;;;;;;;;;;;+1;;;;-1. The van der Waals surface area contributed by atoms with Crippen molar-refractivity contribution in [3.63, 3.8) is 0 Å². The molecule has 5 aromatic carbocycles. The summed E-state index contributed by atoms with van der Waals surface area (Å²) in [5.74, 6) is 5.89. The van der Waals surface area contributed by atoms with Gasteiger partial charge in [-0.2, -0.15) is 0 Å². The Morgan fingerprint density at radius 1 is 0.589 bits per heavy atom. The van der Waals surface area contributed by atoms with Crippen LogP contribution in [0.15, 0.2) is 181 Å². The molecule has 13 aromatic rings. The number of anilines is 4. The monoisotopic (exact) mass is 1880 g/mol. The van der Waals surface area contributed by atoms with Gasteiger partial charge in [0, 0.05) is 97.1 Å². The number of halogens is 3. The fourth-order valence-corrected chi connectivity index (χ4v) is 13.4. The quantitative estimate of drug-likeness (QED) is 0.0135. The number of esters is 2. The summed E-state index contributed by atoms with van der Waals surface area (Å²) in [4.78, 5) is 70.9. The molecule has 0 atom stereocenters. The van der Waals surface area contributed by atoms with Gasteiger partial charge >= 0.3 is 43.9 Å². The number of aliphatic hydroxyl groups excluding tert-OH is 2. The first-order valence-corrected chi connectivity index (χ1v) is 42.5. The molecular weight excluding hydrogens is 1760 g/mol. The van der Waals surface area contributed by atoms with Gasteiger partial charge in [-0.3, -0.25) is 20.6 Å². The molecule has 28 nitrogen and oxygen atoms in total. The van der Waals surface area contributed by atoms with Crippen molar-refractivity contribution in [3.05, 3.63) is 280 Å². The summed E-state index contributed by atoms with van der Waals surface area (Å²) in [6.45, 7) is 37.9. The van der Waals surface area contributed by atoms with E-state index in [0.717, 1.165) is 135 Å². The minimum absolute atomic E-state index is 0. The number of aromatic amines is 3. The Bertz CT molecular complexity index is 5940. The first-order chi connectivity index (χ1) is 60.3. The number of nitrogens with one attached hydrogen (secondary N) is 4. The minimum atomic E-state index is -0.956. The number of fused-ring (bicyclic) bond motifs is 4. The van der Waals surface area contributed by atoms with Crippen molar-refractivity contribution < 1.29 is 87.1 Å². The van der Waals surface area contributed by atoms with Crippen LogP contribution >= 0.6 is 39.1 Å². The summed E-state index contributed by atoms with van der Waals surface area (Å²) in [5, 5.41) is 40.5. The molecule has 3 aliphatic rings. The van der Waals surface area contributed by atoms with Crippen LogP contribution in [-0.2, 0) is 49.6 Å². The zero-order chi connectivity index (χ0) is 94.2. The van der Waals surface area contributed by atoms with Crippen molar-refractivity contribution in [1.82, 2.24) is 40.4 Å². The number of hydrogen-bond donors (Lipinski definition) is 11. The van der Waals surface area contributed by atoms with Crippen molar-refractivity contribution in [2.45, 2.75) is 175 Å². The number of carboxylic acid groups (broad SMARTS) is 1. The van der Waals surface area contributed by atoms with E-state index in [4.69, 9.17) is 93.9 Å². The zero-order valence-corrected chi connectivity index (χ0v) is 79.3. The number of H-pyrrole nitrogens is 3. The van der Waals surface area contributed by atoms with Crippen molar-refractivity contribution in [3.8, 4) is 22.3 Å². The molecule has 1 fully saturated rings. The molecule has 8 aromatic heterocycles. The van der Waals surface area contributed by atoms with Gasteiger partial charge in [-0.15, -0.1) is 23.2 Å². The molecule has 1 aliphatic heterocycles. The van der Waals surface area contributed by atoms with Crippen molar-refractivity contribution >= 4 is 149 Å². The van der Waals surface area contributed by atoms with Crippen LogP contribution < -0.4 is 58.4 Å². The van der Waals surface area contributed by atoms with E-state index in [1.807, 2.05) is 197 Å². The first-order valence-electron chi connectivity index (χ1n) is 40.6. The van der Waals surface area contributed by atoms with E-state index in [9.17, 15) is 24.0 Å². The average Bonchev–Trinajstić information content (AvgIpc) is 1.61. The number of nitrogens with two attached hydrogens (primary N) is 4. The second-order valence-electron chi connectivity index (χ2n) is 30.1. The van der Waals surface area contributed by atoms with Crippen LogP contribution in [0.3, 0.4) is 0 Å². The average molecular weight is 1880 g/mol. The van der Waals surface area contributed by atoms with E-state index in [1.165, 1.54) is 51.1 Å². The maximum atomic E-state index is 11.7. The van der Waals surface area contributed by atoms with Crippen molar-refractivity contribution in [2.24, 2.45) is 5.84 Å². The Morgan fingerprint density at radius 3 is 1.56 bits per heavy atom. The number of carbonyl (C=O) groups excluding carboxylic acids is 3. The van der Waals surface area contributed by atoms with Gasteiger partial charge in [0.25, 0.3) is 5.56 Å². The minimum Gasteiger partial charge on any atom is -1.00 e. The number of hydrazine groups is 1. The Balaban J connectivity index is 0.000000374. The molecule has 0 spiro atoms. The van der Waals surface area contributed by atoms with E-state index >= 15 is 0 Å². The predicted molar refractivity (Wildman–Crippen MR) is 520 cm³/mol. The number of benzene rings is 5. The molecule has 0 bridgehead atoms. The van der Waals surface area contributed by atoms with E-state index < -0.39 is 5.97 Å². The Kier molecular flexibility index (Phi) is 45.4. The number of aryl methyl sites for hydroxylation is 10. The molecule has 0 saturated carbocycles. The first kappa shape index (κ1) is 110. The third-order valence-corrected chi connectivity index (χ3v) is 20.9. The van der Waals surface area contributed by atoms with E-state index in [1.54, 1.807) is 42.9 Å². The molecule has 15 N–H and O–H groups in total. The number of aliphatic hydroxyl groups is 2. The molecule has 2 aliphatic carbocycles. The molecule has 0 amide bonds. The van der Waals surface area contributed by atoms with Gasteiger partial charge in [0.15, 0.2) is 17.4 Å². The number of rotatable bonds is 12. The van der Waals surface area contributed by atoms with E-state index in [-0.39, 0.29) is 103 Å². The zero-order valence-electron chi connectivity index (χ0n) is 77.2. The van der Waals surface area contributed by atoms with Gasteiger partial charge in [0.1, 0.15) is 23.6 Å². The number of hydrogen-bond acceptors (Lipinski definition) is 24. The fraction of sp³-hybridized carbons (Fsp3) is 0.305. The number of alkyl halides is 2. The third kappa shape index (κ3) is 31.0. The van der Waals surface area contributed by atoms with E-state index in [2.05, 4.69) is 99.9 Å². The maximum absolute atomic E-state index is 11.7. The summed E-state index contributed by atoms with van der Waals surface area (Å²) in [6.07, 6.45) is 16.8. The number of allylic oxidation sites excluding steroid dienone is 4. The van der Waals surface area contributed by atoms with Gasteiger partial charge < -0.3 is 91.5 Å². The number of carboxylic acids is 1. The van der Waals surface area contributed by atoms with Crippen LogP contribution in [0.5, 0.6) is 0 Å². The van der Waals surface area contributed by atoms with Crippen LogP contribution in [0.1, 0.15) is 191 Å². The number of nitrogen functional groups attached to an aromatic ring is 4. The smallest absolute Gasteiger partial charge is 1.00 e. The number of carbonyl (C=O) groups is 4. The van der Waals surface area contributed by atoms with Gasteiger partial charge in [-0.1, -0.05) is 83.1 Å². The molecular formula is C95H119AlBBrCl2LiN13O15. The summed E-state index contributed by atoms with van der Waals surface area (Å²) in [5.41, 5.74) is 44.8. The van der Waals surface area contributed by atoms with Gasteiger partial charge in [-0.05, 0) is 276 Å². The summed E-state index contributed by atoms with van der Waals surface area (Å²) < 4.78 is 38.1. The van der Waals surface area contributed by atoms with Crippen LogP contribution in [0.2, 0.25) is 0 Å².